The molecule has 0 spiro atoms. The summed E-state index contributed by atoms with van der Waals surface area (Å²) in [5.74, 6) is 0.679. The molecular weight excluding hydrogens is 452 g/mol. The van der Waals surface area contributed by atoms with Gasteiger partial charge in [-0.1, -0.05) is 17.7 Å². The first-order valence-corrected chi connectivity index (χ1v) is 11.7. The van der Waals surface area contributed by atoms with Crippen molar-refractivity contribution in [2.75, 3.05) is 4.90 Å². The number of aromatic amines is 1. The summed E-state index contributed by atoms with van der Waals surface area (Å²) in [4.78, 5) is 36.1. The summed E-state index contributed by atoms with van der Waals surface area (Å²) >= 11 is 0. The van der Waals surface area contributed by atoms with Crippen molar-refractivity contribution in [3.63, 3.8) is 0 Å². The highest BCUT2D eigenvalue weighted by Gasteiger charge is 2.35. The minimum atomic E-state index is -0.934. The van der Waals surface area contributed by atoms with E-state index in [9.17, 15) is 9.59 Å². The van der Waals surface area contributed by atoms with Gasteiger partial charge in [-0.05, 0) is 88.4 Å². The van der Waals surface area contributed by atoms with Crippen LogP contribution in [0.25, 0.3) is 0 Å². The van der Waals surface area contributed by atoms with Gasteiger partial charge in [-0.25, -0.2) is 0 Å². The third kappa shape index (κ3) is 5.99. The van der Waals surface area contributed by atoms with Gasteiger partial charge in [-0.2, -0.15) is 0 Å². The number of rotatable bonds is 7. The molecule has 0 saturated carbocycles. The molecule has 0 bridgehead atoms. The average molecular weight is 483 g/mol. The second-order valence-corrected chi connectivity index (χ2v) is 9.59. The molecule has 2 heterocycles. The molecule has 0 radical (unpaired) electrons. The summed E-state index contributed by atoms with van der Waals surface area (Å²) in [6, 6.07) is 20.9. The molecule has 184 valence electrons. The predicted octanol–water partition coefficient (Wildman–Crippen LogP) is 5.81. The minimum Gasteiger partial charge on any atom is -0.457 e. The van der Waals surface area contributed by atoms with Crippen molar-refractivity contribution in [1.29, 1.82) is 0 Å². The van der Waals surface area contributed by atoms with Crippen LogP contribution in [0.5, 0.6) is 11.5 Å². The van der Waals surface area contributed by atoms with Crippen molar-refractivity contribution in [1.82, 2.24) is 15.3 Å². The van der Waals surface area contributed by atoms with Gasteiger partial charge in [0.1, 0.15) is 11.5 Å². The molecule has 2 amide bonds. The number of nitrogens with zero attached hydrogens (tertiary/aromatic N) is 2. The molecule has 2 N–H and O–H groups in total. The Morgan fingerprint density at radius 1 is 0.944 bits per heavy atom. The van der Waals surface area contributed by atoms with E-state index in [1.807, 2.05) is 52.0 Å². The van der Waals surface area contributed by atoms with Crippen molar-refractivity contribution in [3.05, 3.63) is 108 Å². The highest BCUT2D eigenvalue weighted by Crippen LogP contribution is 2.32. The van der Waals surface area contributed by atoms with E-state index < -0.39 is 11.6 Å². The molecule has 4 aromatic rings. The summed E-state index contributed by atoms with van der Waals surface area (Å²) in [5.41, 5.74) is 2.16. The second kappa shape index (κ2) is 10.5. The first-order valence-electron chi connectivity index (χ1n) is 11.7. The monoisotopic (exact) mass is 482 g/mol. The number of ether oxygens (including phenoxy) is 1. The standard InChI is InChI=1S/C29H30N4O3/c1-20-9-13-23(14-10-20)36-24-15-11-22(12-16-24)33(28(35)21-7-5-17-30-19-21)26(25-8-6-18-31-25)27(34)32-29(2,3)4/h5-19,26,31H,1-4H3,(H,32,34). The van der Waals surface area contributed by atoms with Crippen LogP contribution >= 0.6 is 0 Å². The average Bonchev–Trinajstić information content (AvgIpc) is 3.38. The van der Waals surface area contributed by atoms with Gasteiger partial charge in [0.2, 0.25) is 5.91 Å². The number of amides is 2. The van der Waals surface area contributed by atoms with Gasteiger partial charge in [-0.15, -0.1) is 0 Å². The Balaban J connectivity index is 1.74. The Labute approximate surface area is 211 Å². The zero-order valence-corrected chi connectivity index (χ0v) is 20.9. The van der Waals surface area contributed by atoms with Gasteiger partial charge in [0.25, 0.3) is 5.91 Å². The smallest absolute Gasteiger partial charge is 0.260 e. The molecule has 2 aromatic heterocycles. The number of pyridine rings is 1. The maximum absolute atomic E-state index is 13.8. The van der Waals surface area contributed by atoms with Gasteiger partial charge in [0, 0.05) is 35.5 Å². The SMILES string of the molecule is Cc1ccc(Oc2ccc(N(C(=O)c3cccnc3)C(C(=O)NC(C)(C)C)c3ccc[nH]3)cc2)cc1. The number of anilines is 1. The summed E-state index contributed by atoms with van der Waals surface area (Å²) < 4.78 is 5.96. The van der Waals surface area contributed by atoms with Gasteiger partial charge < -0.3 is 15.0 Å². The van der Waals surface area contributed by atoms with E-state index in [1.165, 1.54) is 11.1 Å². The summed E-state index contributed by atoms with van der Waals surface area (Å²) in [5, 5.41) is 3.02. The first kappa shape index (κ1) is 24.7. The van der Waals surface area contributed by atoms with E-state index in [-0.39, 0.29) is 11.8 Å². The fourth-order valence-electron chi connectivity index (χ4n) is 3.78. The quantitative estimate of drug-likeness (QED) is 0.348. The molecular formula is C29H30N4O3. The summed E-state index contributed by atoms with van der Waals surface area (Å²) in [6.07, 6.45) is 4.84. The molecule has 2 aromatic carbocycles. The molecule has 0 aliphatic carbocycles. The zero-order chi connectivity index (χ0) is 25.7. The largest absolute Gasteiger partial charge is 0.457 e. The third-order valence-corrected chi connectivity index (χ3v) is 5.42. The molecule has 7 heteroatoms. The summed E-state index contributed by atoms with van der Waals surface area (Å²) in [7, 11) is 0. The number of benzene rings is 2. The Kier molecular flexibility index (Phi) is 7.20. The van der Waals surface area contributed by atoms with E-state index in [4.69, 9.17) is 4.74 Å². The van der Waals surface area contributed by atoms with Gasteiger partial charge in [0.15, 0.2) is 6.04 Å². The molecule has 4 rings (SSSR count). The molecule has 0 aliphatic rings. The Bertz CT molecular complexity index is 1290. The van der Waals surface area contributed by atoms with Crippen LogP contribution in [0, 0.1) is 6.92 Å². The number of aromatic nitrogens is 2. The third-order valence-electron chi connectivity index (χ3n) is 5.42. The van der Waals surface area contributed by atoms with Crippen LogP contribution in [0.15, 0.2) is 91.4 Å². The first-order chi connectivity index (χ1) is 17.2. The maximum Gasteiger partial charge on any atom is 0.260 e. The molecule has 0 fully saturated rings. The number of hydrogen-bond acceptors (Lipinski definition) is 4. The lowest BCUT2D eigenvalue weighted by Crippen LogP contribution is -2.49. The molecule has 1 atom stereocenters. The highest BCUT2D eigenvalue weighted by atomic mass is 16.5. The van der Waals surface area contributed by atoms with Crippen LogP contribution < -0.4 is 15.0 Å². The predicted molar refractivity (Wildman–Crippen MR) is 140 cm³/mol. The van der Waals surface area contributed by atoms with Crippen molar-refractivity contribution in [2.45, 2.75) is 39.3 Å². The Morgan fingerprint density at radius 2 is 1.61 bits per heavy atom. The lowest BCUT2D eigenvalue weighted by Gasteiger charge is -2.33. The fourth-order valence-corrected chi connectivity index (χ4v) is 3.78. The van der Waals surface area contributed by atoms with Crippen LogP contribution in [-0.4, -0.2) is 27.3 Å². The van der Waals surface area contributed by atoms with E-state index in [1.54, 1.807) is 60.9 Å². The minimum absolute atomic E-state index is 0.304. The van der Waals surface area contributed by atoms with Crippen molar-refractivity contribution < 1.29 is 14.3 Å². The van der Waals surface area contributed by atoms with E-state index in [0.29, 0.717) is 28.4 Å². The van der Waals surface area contributed by atoms with Crippen molar-refractivity contribution >= 4 is 17.5 Å². The highest BCUT2D eigenvalue weighted by molar-refractivity contribution is 6.10. The van der Waals surface area contributed by atoms with Gasteiger partial charge in [-0.3, -0.25) is 19.5 Å². The van der Waals surface area contributed by atoms with Crippen LogP contribution in [0.4, 0.5) is 5.69 Å². The topological polar surface area (TPSA) is 87.3 Å². The molecule has 0 aliphatic heterocycles. The molecule has 0 saturated heterocycles. The maximum atomic E-state index is 13.8. The Morgan fingerprint density at radius 3 is 2.17 bits per heavy atom. The zero-order valence-electron chi connectivity index (χ0n) is 20.9. The number of H-pyrrole nitrogens is 1. The molecule has 1 unspecified atom stereocenters. The lowest BCUT2D eigenvalue weighted by molar-refractivity contribution is -0.124. The molecule has 7 nitrogen and oxygen atoms in total. The Hall–Kier alpha value is -4.39. The van der Waals surface area contributed by atoms with E-state index >= 15 is 0 Å². The number of carbonyl (C=O) groups excluding carboxylic acids is 2. The van der Waals surface area contributed by atoms with Crippen molar-refractivity contribution in [3.8, 4) is 11.5 Å². The fraction of sp³-hybridized carbons (Fsp3) is 0.207. The second-order valence-electron chi connectivity index (χ2n) is 9.59. The summed E-state index contributed by atoms with van der Waals surface area (Å²) in [6.45, 7) is 7.73. The lowest BCUT2D eigenvalue weighted by atomic mass is 10.0. The van der Waals surface area contributed by atoms with Crippen LogP contribution in [0.1, 0.15) is 48.4 Å². The van der Waals surface area contributed by atoms with Crippen LogP contribution in [0.2, 0.25) is 0 Å². The van der Waals surface area contributed by atoms with Crippen LogP contribution in [0.3, 0.4) is 0 Å². The van der Waals surface area contributed by atoms with E-state index in [2.05, 4.69) is 15.3 Å². The molecule has 36 heavy (non-hydrogen) atoms. The van der Waals surface area contributed by atoms with Gasteiger partial charge >= 0.3 is 0 Å². The normalized spacial score (nSPS) is 12.0. The van der Waals surface area contributed by atoms with Gasteiger partial charge in [0.05, 0.1) is 5.56 Å². The number of carbonyl (C=O) groups is 2. The van der Waals surface area contributed by atoms with Crippen LogP contribution in [-0.2, 0) is 4.79 Å². The number of aryl methyl sites for hydroxylation is 1. The van der Waals surface area contributed by atoms with Crippen molar-refractivity contribution in [2.24, 2.45) is 0 Å². The number of hydrogen-bond donors (Lipinski definition) is 2. The number of nitrogens with one attached hydrogen (secondary N) is 2. The van der Waals surface area contributed by atoms with E-state index in [0.717, 1.165) is 5.56 Å².